The molecule has 118 valence electrons. The van der Waals surface area contributed by atoms with Crippen molar-refractivity contribution in [3.8, 4) is 0 Å². The molecule has 2 aromatic heterocycles. The predicted molar refractivity (Wildman–Crippen MR) is 86.2 cm³/mol. The number of hydrogen-bond acceptors (Lipinski definition) is 6. The molecule has 8 nitrogen and oxygen atoms in total. The zero-order valence-electron chi connectivity index (χ0n) is 13.0. The van der Waals surface area contributed by atoms with Gasteiger partial charge in [-0.05, 0) is 12.5 Å². The number of nitro benzene ring substituents is 1. The first-order chi connectivity index (χ1) is 11.0. The zero-order valence-corrected chi connectivity index (χ0v) is 13.0. The van der Waals surface area contributed by atoms with Crippen LogP contribution in [0.2, 0.25) is 0 Å². The number of rotatable bonds is 4. The second-order valence-corrected chi connectivity index (χ2v) is 5.34. The minimum atomic E-state index is -0.389. The minimum absolute atomic E-state index is 0.0805. The van der Waals surface area contributed by atoms with E-state index in [9.17, 15) is 10.1 Å². The van der Waals surface area contributed by atoms with Gasteiger partial charge in [0.1, 0.15) is 12.1 Å². The minimum Gasteiger partial charge on any atom is -0.352 e. The normalized spacial score (nSPS) is 12.3. The van der Waals surface area contributed by atoms with Gasteiger partial charge in [-0.15, -0.1) is 0 Å². The first-order valence-corrected chi connectivity index (χ1v) is 7.09. The number of nitro groups is 1. The topological polar surface area (TPSA) is 90.0 Å². The molecule has 0 N–H and O–H groups in total. The fraction of sp³-hybridized carbons (Fsp3) is 0.267. The average molecular weight is 312 g/mol. The summed E-state index contributed by atoms with van der Waals surface area (Å²) in [6, 6.07) is 6.55. The largest absolute Gasteiger partial charge is 0.352 e. The molecule has 8 heteroatoms. The van der Waals surface area contributed by atoms with Gasteiger partial charge in [0.05, 0.1) is 22.5 Å². The van der Waals surface area contributed by atoms with Gasteiger partial charge in [-0.1, -0.05) is 12.1 Å². The summed E-state index contributed by atoms with van der Waals surface area (Å²) < 4.78 is 1.69. The van der Waals surface area contributed by atoms with Crippen molar-refractivity contribution >= 4 is 22.5 Å². The highest BCUT2D eigenvalue weighted by molar-refractivity contribution is 5.86. The van der Waals surface area contributed by atoms with E-state index in [0.717, 1.165) is 22.4 Å². The monoisotopic (exact) mass is 312 g/mol. The maximum absolute atomic E-state index is 11.0. The van der Waals surface area contributed by atoms with E-state index >= 15 is 0 Å². The summed E-state index contributed by atoms with van der Waals surface area (Å²) in [5.74, 6) is 0.738. The Morgan fingerprint density at radius 1 is 1.35 bits per heavy atom. The molecule has 0 saturated heterocycles. The van der Waals surface area contributed by atoms with Crippen molar-refractivity contribution in [1.82, 2.24) is 19.7 Å². The number of aromatic nitrogens is 4. The van der Waals surface area contributed by atoms with Gasteiger partial charge in [-0.3, -0.25) is 14.8 Å². The summed E-state index contributed by atoms with van der Waals surface area (Å²) in [6.45, 7) is 1.98. The fourth-order valence-electron chi connectivity index (χ4n) is 2.54. The van der Waals surface area contributed by atoms with Crippen molar-refractivity contribution in [3.05, 3.63) is 52.5 Å². The van der Waals surface area contributed by atoms with Crippen LogP contribution < -0.4 is 4.90 Å². The third-order valence-electron chi connectivity index (χ3n) is 3.99. The van der Waals surface area contributed by atoms with Crippen LogP contribution in [0.3, 0.4) is 0 Å². The highest BCUT2D eigenvalue weighted by Gasteiger charge is 2.19. The lowest BCUT2D eigenvalue weighted by Gasteiger charge is -2.26. The van der Waals surface area contributed by atoms with Crippen molar-refractivity contribution in [3.63, 3.8) is 0 Å². The average Bonchev–Trinajstić information content (AvgIpc) is 2.95. The number of hydrogen-bond donors (Lipinski definition) is 0. The summed E-state index contributed by atoms with van der Waals surface area (Å²) in [4.78, 5) is 21.1. The Balaban J connectivity index is 2.00. The fourth-order valence-corrected chi connectivity index (χ4v) is 2.54. The van der Waals surface area contributed by atoms with Crippen LogP contribution >= 0.6 is 0 Å². The Bertz CT molecular complexity index is 875. The smallest absolute Gasteiger partial charge is 0.269 e. The molecule has 23 heavy (non-hydrogen) atoms. The second-order valence-electron chi connectivity index (χ2n) is 5.34. The number of nitrogens with zero attached hydrogens (tertiary/aromatic N) is 6. The third kappa shape index (κ3) is 2.59. The molecule has 0 amide bonds. The van der Waals surface area contributed by atoms with Gasteiger partial charge in [-0.2, -0.15) is 5.10 Å². The summed E-state index contributed by atoms with van der Waals surface area (Å²) in [5, 5.41) is 16.0. The molecule has 0 aliphatic heterocycles. The summed E-state index contributed by atoms with van der Waals surface area (Å²) in [6.07, 6.45) is 3.22. The molecule has 3 aromatic rings. The Morgan fingerprint density at radius 2 is 2.13 bits per heavy atom. The number of fused-ring (bicyclic) bond motifs is 1. The van der Waals surface area contributed by atoms with E-state index in [-0.39, 0.29) is 16.7 Å². The van der Waals surface area contributed by atoms with Crippen molar-refractivity contribution in [2.45, 2.75) is 13.0 Å². The van der Waals surface area contributed by atoms with E-state index in [0.29, 0.717) is 0 Å². The van der Waals surface area contributed by atoms with E-state index in [1.165, 1.54) is 12.4 Å². The highest BCUT2D eigenvalue weighted by Crippen LogP contribution is 2.29. The molecule has 0 spiro atoms. The lowest BCUT2D eigenvalue weighted by atomic mass is 10.1. The van der Waals surface area contributed by atoms with Crippen LogP contribution in [0.5, 0.6) is 0 Å². The standard InChI is InChI=1S/C15H16N6O2/c1-10(11-5-4-6-12(7-11)21(22)23)19(2)14-13-8-18-20(3)15(13)17-9-16-14/h4-10H,1-3H3/t10-/m1/s1. The molecule has 0 unspecified atom stereocenters. The van der Waals surface area contributed by atoms with Gasteiger partial charge in [-0.25, -0.2) is 9.97 Å². The van der Waals surface area contributed by atoms with Gasteiger partial charge >= 0.3 is 0 Å². The molecular weight excluding hydrogens is 296 g/mol. The molecule has 0 aliphatic rings. The summed E-state index contributed by atoms with van der Waals surface area (Å²) >= 11 is 0. The molecule has 0 aliphatic carbocycles. The molecule has 0 saturated carbocycles. The van der Waals surface area contributed by atoms with Crippen LogP contribution in [0.25, 0.3) is 11.0 Å². The van der Waals surface area contributed by atoms with Gasteiger partial charge < -0.3 is 4.90 Å². The van der Waals surface area contributed by atoms with Gasteiger partial charge in [0.25, 0.3) is 5.69 Å². The van der Waals surface area contributed by atoms with Crippen LogP contribution in [0.4, 0.5) is 11.5 Å². The molecule has 0 radical (unpaired) electrons. The predicted octanol–water partition coefficient (Wildman–Crippen LogP) is 2.47. The van der Waals surface area contributed by atoms with Crippen LogP contribution in [0.15, 0.2) is 36.8 Å². The van der Waals surface area contributed by atoms with E-state index in [1.807, 2.05) is 32.0 Å². The van der Waals surface area contributed by atoms with Crippen molar-refractivity contribution in [2.24, 2.45) is 7.05 Å². The van der Waals surface area contributed by atoms with E-state index in [4.69, 9.17) is 0 Å². The summed E-state index contributed by atoms with van der Waals surface area (Å²) in [5.41, 5.74) is 1.67. The number of aryl methyl sites for hydroxylation is 1. The maximum Gasteiger partial charge on any atom is 0.269 e. The highest BCUT2D eigenvalue weighted by atomic mass is 16.6. The first kappa shape index (κ1) is 14.9. The Labute approximate surface area is 132 Å². The Morgan fingerprint density at radius 3 is 2.87 bits per heavy atom. The number of non-ortho nitro benzene ring substituents is 1. The summed E-state index contributed by atoms with van der Waals surface area (Å²) in [7, 11) is 3.72. The molecule has 1 atom stereocenters. The first-order valence-electron chi connectivity index (χ1n) is 7.09. The quantitative estimate of drug-likeness (QED) is 0.543. The van der Waals surface area contributed by atoms with Crippen LogP contribution in [0.1, 0.15) is 18.5 Å². The van der Waals surface area contributed by atoms with Crippen LogP contribution in [-0.4, -0.2) is 31.7 Å². The van der Waals surface area contributed by atoms with Crippen LogP contribution in [-0.2, 0) is 7.05 Å². The van der Waals surface area contributed by atoms with Gasteiger partial charge in [0.15, 0.2) is 5.65 Å². The molecular formula is C15H16N6O2. The van der Waals surface area contributed by atoms with Gasteiger partial charge in [0.2, 0.25) is 0 Å². The Kier molecular flexibility index (Phi) is 3.65. The molecule has 0 bridgehead atoms. The van der Waals surface area contributed by atoms with Crippen LogP contribution in [0, 0.1) is 10.1 Å². The third-order valence-corrected chi connectivity index (χ3v) is 3.99. The van der Waals surface area contributed by atoms with Crippen molar-refractivity contribution in [2.75, 3.05) is 11.9 Å². The lowest BCUT2D eigenvalue weighted by molar-refractivity contribution is -0.384. The van der Waals surface area contributed by atoms with E-state index in [2.05, 4.69) is 15.1 Å². The molecule has 3 rings (SSSR count). The number of anilines is 1. The SMILES string of the molecule is C[C@H](c1cccc([N+](=O)[O-])c1)N(C)c1ncnc2c1cnn2C. The Hall–Kier alpha value is -3.03. The van der Waals surface area contributed by atoms with Crippen molar-refractivity contribution in [1.29, 1.82) is 0 Å². The second kappa shape index (κ2) is 5.64. The lowest BCUT2D eigenvalue weighted by Crippen LogP contribution is -2.23. The molecule has 0 fully saturated rings. The number of benzene rings is 1. The molecule has 2 heterocycles. The van der Waals surface area contributed by atoms with E-state index < -0.39 is 0 Å². The molecule has 1 aromatic carbocycles. The van der Waals surface area contributed by atoms with Gasteiger partial charge in [0, 0.05) is 26.2 Å². The van der Waals surface area contributed by atoms with E-state index in [1.54, 1.807) is 23.0 Å². The maximum atomic E-state index is 11.0. The van der Waals surface area contributed by atoms with Crippen molar-refractivity contribution < 1.29 is 4.92 Å². The zero-order chi connectivity index (χ0) is 16.6.